The number of carbonyl (C=O) groups is 2. The predicted molar refractivity (Wildman–Crippen MR) is 89.6 cm³/mol. The third-order valence-electron chi connectivity index (χ3n) is 3.43. The first kappa shape index (κ1) is 17.1. The highest BCUT2D eigenvalue weighted by molar-refractivity contribution is 7.09. The van der Waals surface area contributed by atoms with Crippen LogP contribution in [-0.4, -0.2) is 34.9 Å². The van der Waals surface area contributed by atoms with E-state index >= 15 is 0 Å². The maximum Gasteiger partial charge on any atom is 0.357 e. The molecular weight excluding hydrogens is 312 g/mol. The molecule has 2 rings (SSSR count). The number of methoxy groups -OCH3 is 1. The molecule has 0 spiro atoms. The molecule has 1 aromatic heterocycles. The number of ether oxygens (including phenoxy) is 1. The van der Waals surface area contributed by atoms with E-state index in [1.807, 2.05) is 45.0 Å². The van der Waals surface area contributed by atoms with Gasteiger partial charge in [0.2, 0.25) is 0 Å². The fourth-order valence-corrected chi connectivity index (χ4v) is 2.84. The lowest BCUT2D eigenvalue weighted by Crippen LogP contribution is -2.36. The number of hydrogen-bond acceptors (Lipinski definition) is 5. The summed E-state index contributed by atoms with van der Waals surface area (Å²) in [5.74, 6) is -0.511. The standard InChI is InChI=1S/C17H20N2O3S/c1-11(2)19(16(20)13-7-5-12(3)6-8-13)9-15-18-14(10-23-15)17(21)22-4/h5-8,10-11H,9H2,1-4H3. The number of nitrogens with zero attached hydrogens (tertiary/aromatic N) is 2. The van der Waals surface area contributed by atoms with Crippen molar-refractivity contribution in [2.24, 2.45) is 0 Å². The molecule has 0 N–H and O–H groups in total. The van der Waals surface area contributed by atoms with Crippen LogP contribution >= 0.6 is 11.3 Å². The van der Waals surface area contributed by atoms with Crippen molar-refractivity contribution in [1.29, 1.82) is 0 Å². The summed E-state index contributed by atoms with van der Waals surface area (Å²) in [6.45, 7) is 6.27. The van der Waals surface area contributed by atoms with Crippen molar-refractivity contribution in [2.45, 2.75) is 33.4 Å². The fraction of sp³-hybridized carbons (Fsp3) is 0.353. The highest BCUT2D eigenvalue weighted by Gasteiger charge is 2.21. The van der Waals surface area contributed by atoms with Gasteiger partial charge in [0, 0.05) is 17.0 Å². The number of aromatic nitrogens is 1. The van der Waals surface area contributed by atoms with Crippen LogP contribution in [0, 0.1) is 6.92 Å². The number of aryl methyl sites for hydroxylation is 1. The van der Waals surface area contributed by atoms with E-state index in [4.69, 9.17) is 0 Å². The van der Waals surface area contributed by atoms with Gasteiger partial charge in [0.05, 0.1) is 13.7 Å². The molecule has 1 aromatic carbocycles. The summed E-state index contributed by atoms with van der Waals surface area (Å²) in [5.41, 5.74) is 2.04. The van der Waals surface area contributed by atoms with Crippen LogP contribution in [-0.2, 0) is 11.3 Å². The Balaban J connectivity index is 2.18. The van der Waals surface area contributed by atoms with Gasteiger partial charge in [0.15, 0.2) is 5.69 Å². The largest absolute Gasteiger partial charge is 0.464 e. The summed E-state index contributed by atoms with van der Waals surface area (Å²) in [5, 5.41) is 2.36. The van der Waals surface area contributed by atoms with Crippen LogP contribution in [0.3, 0.4) is 0 Å². The van der Waals surface area contributed by atoms with E-state index in [9.17, 15) is 9.59 Å². The molecule has 0 saturated carbocycles. The Kier molecular flexibility index (Phi) is 5.50. The first-order valence-corrected chi connectivity index (χ1v) is 8.20. The molecule has 0 atom stereocenters. The van der Waals surface area contributed by atoms with Gasteiger partial charge in [-0.15, -0.1) is 11.3 Å². The van der Waals surface area contributed by atoms with Gasteiger partial charge in [-0.2, -0.15) is 0 Å². The van der Waals surface area contributed by atoms with Crippen LogP contribution in [0.1, 0.15) is 45.3 Å². The van der Waals surface area contributed by atoms with Crippen molar-refractivity contribution in [1.82, 2.24) is 9.88 Å². The normalized spacial score (nSPS) is 10.7. The number of benzene rings is 1. The van der Waals surface area contributed by atoms with E-state index in [0.717, 1.165) is 5.56 Å². The minimum atomic E-state index is -0.464. The molecule has 5 nitrogen and oxygen atoms in total. The van der Waals surface area contributed by atoms with Crippen molar-refractivity contribution in [2.75, 3.05) is 7.11 Å². The molecule has 2 aromatic rings. The second-order valence-electron chi connectivity index (χ2n) is 5.51. The molecule has 0 saturated heterocycles. The molecule has 0 unspecified atom stereocenters. The molecule has 0 fully saturated rings. The molecule has 0 radical (unpaired) electrons. The minimum Gasteiger partial charge on any atom is -0.464 e. The van der Waals surface area contributed by atoms with Gasteiger partial charge in [-0.3, -0.25) is 4.79 Å². The molecule has 1 heterocycles. The van der Waals surface area contributed by atoms with Gasteiger partial charge >= 0.3 is 5.97 Å². The van der Waals surface area contributed by atoms with Crippen molar-refractivity contribution in [3.8, 4) is 0 Å². The quantitative estimate of drug-likeness (QED) is 0.788. The predicted octanol–water partition coefficient (Wildman–Crippen LogP) is 3.29. The second-order valence-corrected chi connectivity index (χ2v) is 6.45. The SMILES string of the molecule is COC(=O)c1csc(CN(C(=O)c2ccc(C)cc2)C(C)C)n1. The number of amides is 1. The summed E-state index contributed by atoms with van der Waals surface area (Å²) >= 11 is 1.35. The lowest BCUT2D eigenvalue weighted by Gasteiger charge is -2.26. The van der Waals surface area contributed by atoms with Crippen molar-refractivity contribution in [3.05, 3.63) is 51.5 Å². The molecule has 0 bridgehead atoms. The summed E-state index contributed by atoms with van der Waals surface area (Å²) in [4.78, 5) is 30.2. The monoisotopic (exact) mass is 332 g/mol. The Bertz CT molecular complexity index is 692. The number of esters is 1. The van der Waals surface area contributed by atoms with Gasteiger partial charge in [-0.05, 0) is 32.9 Å². The number of hydrogen-bond donors (Lipinski definition) is 0. The molecule has 23 heavy (non-hydrogen) atoms. The maximum absolute atomic E-state index is 12.7. The van der Waals surface area contributed by atoms with Crippen molar-refractivity contribution in [3.63, 3.8) is 0 Å². The lowest BCUT2D eigenvalue weighted by atomic mass is 10.1. The van der Waals surface area contributed by atoms with E-state index in [1.165, 1.54) is 18.4 Å². The number of carbonyl (C=O) groups excluding carboxylic acids is 2. The van der Waals surface area contributed by atoms with E-state index in [2.05, 4.69) is 9.72 Å². The summed E-state index contributed by atoms with van der Waals surface area (Å²) in [6.07, 6.45) is 0. The number of rotatable bonds is 5. The molecule has 6 heteroatoms. The van der Waals surface area contributed by atoms with Gasteiger partial charge in [0.25, 0.3) is 5.91 Å². The highest BCUT2D eigenvalue weighted by atomic mass is 32.1. The summed E-state index contributed by atoms with van der Waals surface area (Å²) < 4.78 is 4.65. The lowest BCUT2D eigenvalue weighted by molar-refractivity contribution is 0.0594. The highest BCUT2D eigenvalue weighted by Crippen LogP contribution is 2.17. The third kappa shape index (κ3) is 4.16. The first-order valence-electron chi connectivity index (χ1n) is 7.32. The average molecular weight is 332 g/mol. The van der Waals surface area contributed by atoms with E-state index in [0.29, 0.717) is 17.1 Å². The van der Waals surface area contributed by atoms with Crippen LogP contribution in [0.15, 0.2) is 29.6 Å². The molecule has 0 aliphatic rings. The topological polar surface area (TPSA) is 59.5 Å². The minimum absolute atomic E-state index is 0.0225. The van der Waals surface area contributed by atoms with Crippen LogP contribution < -0.4 is 0 Å². The molecular formula is C17H20N2O3S. The first-order chi connectivity index (χ1) is 10.9. The maximum atomic E-state index is 12.7. The number of thiazole rings is 1. The fourth-order valence-electron chi connectivity index (χ4n) is 2.08. The molecule has 0 aliphatic carbocycles. The third-order valence-corrected chi connectivity index (χ3v) is 4.27. The van der Waals surface area contributed by atoms with Crippen LogP contribution in [0.5, 0.6) is 0 Å². The zero-order chi connectivity index (χ0) is 17.0. The van der Waals surface area contributed by atoms with E-state index in [-0.39, 0.29) is 17.6 Å². The van der Waals surface area contributed by atoms with Crippen LogP contribution in [0.2, 0.25) is 0 Å². The van der Waals surface area contributed by atoms with Crippen molar-refractivity contribution < 1.29 is 14.3 Å². The average Bonchev–Trinajstić information content (AvgIpc) is 3.00. The summed E-state index contributed by atoms with van der Waals surface area (Å²) in [7, 11) is 1.32. The Morgan fingerprint density at radius 1 is 1.26 bits per heavy atom. The summed E-state index contributed by atoms with van der Waals surface area (Å²) in [6, 6.07) is 7.52. The molecule has 0 aliphatic heterocycles. The zero-order valence-corrected chi connectivity index (χ0v) is 14.5. The smallest absolute Gasteiger partial charge is 0.357 e. The van der Waals surface area contributed by atoms with Crippen LogP contribution in [0.25, 0.3) is 0 Å². The Labute approximate surface area is 139 Å². The Morgan fingerprint density at radius 3 is 2.48 bits per heavy atom. The van der Waals surface area contributed by atoms with E-state index in [1.54, 1.807) is 10.3 Å². The zero-order valence-electron chi connectivity index (χ0n) is 13.7. The van der Waals surface area contributed by atoms with E-state index < -0.39 is 5.97 Å². The molecule has 1 amide bonds. The molecule has 122 valence electrons. The van der Waals surface area contributed by atoms with Gasteiger partial charge in [0.1, 0.15) is 5.01 Å². The van der Waals surface area contributed by atoms with Gasteiger partial charge in [-0.1, -0.05) is 17.7 Å². The van der Waals surface area contributed by atoms with Gasteiger partial charge in [-0.25, -0.2) is 9.78 Å². The van der Waals surface area contributed by atoms with Gasteiger partial charge < -0.3 is 9.64 Å². The van der Waals surface area contributed by atoms with Crippen molar-refractivity contribution >= 4 is 23.2 Å². The Hall–Kier alpha value is -2.21. The van der Waals surface area contributed by atoms with Crippen LogP contribution in [0.4, 0.5) is 0 Å². The Morgan fingerprint density at radius 2 is 1.91 bits per heavy atom. The second kappa shape index (κ2) is 7.37.